The van der Waals surface area contributed by atoms with Crippen LogP contribution in [0.3, 0.4) is 0 Å². The second-order valence-electron chi connectivity index (χ2n) is 3.10. The summed E-state index contributed by atoms with van der Waals surface area (Å²) in [5.41, 5.74) is 6.14. The SMILES string of the molecule is N[C@H]1COc2c1ccc(C(=O)O)c2O. The van der Waals surface area contributed by atoms with Gasteiger partial charge in [0, 0.05) is 5.56 Å². The van der Waals surface area contributed by atoms with Gasteiger partial charge in [-0.05, 0) is 6.07 Å². The van der Waals surface area contributed by atoms with E-state index in [0.717, 1.165) is 0 Å². The number of carbonyl (C=O) groups is 1. The zero-order chi connectivity index (χ0) is 10.3. The molecule has 1 aliphatic rings. The van der Waals surface area contributed by atoms with Gasteiger partial charge in [0.15, 0.2) is 11.5 Å². The Morgan fingerprint density at radius 3 is 2.93 bits per heavy atom. The van der Waals surface area contributed by atoms with E-state index >= 15 is 0 Å². The monoisotopic (exact) mass is 195 g/mol. The summed E-state index contributed by atoms with van der Waals surface area (Å²) in [6, 6.07) is 2.60. The van der Waals surface area contributed by atoms with Crippen molar-refractivity contribution >= 4 is 5.97 Å². The number of carboxylic acid groups (broad SMARTS) is 1. The number of aromatic carboxylic acids is 1. The summed E-state index contributed by atoms with van der Waals surface area (Å²) < 4.78 is 5.09. The maximum Gasteiger partial charge on any atom is 0.339 e. The first-order chi connectivity index (χ1) is 6.61. The van der Waals surface area contributed by atoms with Crippen molar-refractivity contribution < 1.29 is 19.7 Å². The number of ether oxygens (including phenoxy) is 1. The van der Waals surface area contributed by atoms with Crippen LogP contribution in [0.25, 0.3) is 0 Å². The second-order valence-corrected chi connectivity index (χ2v) is 3.10. The molecule has 0 saturated carbocycles. The van der Waals surface area contributed by atoms with E-state index in [-0.39, 0.29) is 29.7 Å². The van der Waals surface area contributed by atoms with Crippen LogP contribution in [0.4, 0.5) is 0 Å². The van der Waals surface area contributed by atoms with Gasteiger partial charge in [-0.2, -0.15) is 0 Å². The number of fused-ring (bicyclic) bond motifs is 1. The van der Waals surface area contributed by atoms with Gasteiger partial charge in [-0.15, -0.1) is 0 Å². The molecule has 0 aromatic heterocycles. The molecule has 4 N–H and O–H groups in total. The molecule has 0 aliphatic carbocycles. The largest absolute Gasteiger partial charge is 0.504 e. The van der Waals surface area contributed by atoms with Gasteiger partial charge in [0.05, 0.1) is 6.04 Å². The molecular weight excluding hydrogens is 186 g/mol. The number of carboxylic acids is 1. The van der Waals surface area contributed by atoms with Crippen LogP contribution in [0.1, 0.15) is 22.0 Å². The quantitative estimate of drug-likeness (QED) is 0.606. The second kappa shape index (κ2) is 2.88. The van der Waals surface area contributed by atoms with Crippen LogP contribution in [0.5, 0.6) is 11.5 Å². The average Bonchev–Trinajstić information content (AvgIpc) is 2.49. The van der Waals surface area contributed by atoms with Gasteiger partial charge in [0.1, 0.15) is 12.2 Å². The summed E-state index contributed by atoms with van der Waals surface area (Å²) in [5, 5.41) is 18.3. The Morgan fingerprint density at radius 1 is 1.57 bits per heavy atom. The molecular formula is C9H9NO4. The molecule has 1 aromatic rings. The smallest absolute Gasteiger partial charge is 0.339 e. The molecule has 1 aromatic carbocycles. The number of benzene rings is 1. The minimum atomic E-state index is -1.19. The van der Waals surface area contributed by atoms with Gasteiger partial charge >= 0.3 is 5.97 Å². The molecule has 14 heavy (non-hydrogen) atoms. The van der Waals surface area contributed by atoms with E-state index in [1.807, 2.05) is 0 Å². The molecule has 0 amide bonds. The summed E-state index contributed by atoms with van der Waals surface area (Å²) in [4.78, 5) is 10.7. The lowest BCUT2D eigenvalue weighted by atomic mass is 10.1. The Hall–Kier alpha value is -1.75. The summed E-state index contributed by atoms with van der Waals surface area (Å²) >= 11 is 0. The zero-order valence-corrected chi connectivity index (χ0v) is 7.23. The van der Waals surface area contributed by atoms with Crippen molar-refractivity contribution in [2.45, 2.75) is 6.04 Å². The predicted octanol–water partition coefficient (Wildman–Crippen LogP) is 0.483. The summed E-state index contributed by atoms with van der Waals surface area (Å²) in [6.45, 7) is 0.270. The van der Waals surface area contributed by atoms with Gasteiger partial charge in [-0.3, -0.25) is 0 Å². The van der Waals surface area contributed by atoms with Gasteiger partial charge in [0.2, 0.25) is 0 Å². The summed E-state index contributed by atoms with van der Waals surface area (Å²) in [6.07, 6.45) is 0. The predicted molar refractivity (Wildman–Crippen MR) is 47.5 cm³/mol. The fraction of sp³-hybridized carbons (Fsp3) is 0.222. The Kier molecular flexibility index (Phi) is 1.82. The van der Waals surface area contributed by atoms with Crippen LogP contribution < -0.4 is 10.5 Å². The highest BCUT2D eigenvalue weighted by atomic mass is 16.5. The highest BCUT2D eigenvalue weighted by Crippen LogP contribution is 2.40. The molecule has 0 saturated heterocycles. The van der Waals surface area contributed by atoms with E-state index in [4.69, 9.17) is 15.6 Å². The molecule has 0 unspecified atom stereocenters. The molecule has 5 nitrogen and oxygen atoms in total. The molecule has 1 heterocycles. The van der Waals surface area contributed by atoms with Crippen LogP contribution in [0, 0.1) is 0 Å². The van der Waals surface area contributed by atoms with Crippen LogP contribution in [0.2, 0.25) is 0 Å². The first-order valence-electron chi connectivity index (χ1n) is 4.09. The van der Waals surface area contributed by atoms with Crippen molar-refractivity contribution in [2.24, 2.45) is 5.73 Å². The lowest BCUT2D eigenvalue weighted by Gasteiger charge is -2.05. The molecule has 74 valence electrons. The van der Waals surface area contributed by atoms with E-state index in [1.54, 1.807) is 6.07 Å². The number of nitrogens with two attached hydrogens (primary N) is 1. The summed E-state index contributed by atoms with van der Waals surface area (Å²) in [7, 11) is 0. The lowest BCUT2D eigenvalue weighted by Crippen LogP contribution is -2.10. The highest BCUT2D eigenvalue weighted by molar-refractivity contribution is 5.92. The Morgan fingerprint density at radius 2 is 2.29 bits per heavy atom. The van der Waals surface area contributed by atoms with E-state index in [9.17, 15) is 9.90 Å². The number of phenols is 1. The standard InChI is InChI=1S/C9H9NO4/c10-6-3-14-8-4(6)1-2-5(7(8)11)9(12)13/h1-2,6,11H,3,10H2,(H,12,13)/t6-/m0/s1. The number of hydrogen-bond donors (Lipinski definition) is 3. The van der Waals surface area contributed by atoms with E-state index in [1.165, 1.54) is 6.07 Å². The Bertz CT molecular complexity index is 402. The highest BCUT2D eigenvalue weighted by Gasteiger charge is 2.26. The van der Waals surface area contributed by atoms with E-state index in [2.05, 4.69) is 0 Å². The van der Waals surface area contributed by atoms with Crippen LogP contribution in [-0.4, -0.2) is 22.8 Å². The van der Waals surface area contributed by atoms with Crippen molar-refractivity contribution in [3.05, 3.63) is 23.3 Å². The molecule has 2 rings (SSSR count). The first kappa shape index (κ1) is 8.83. The number of rotatable bonds is 1. The molecule has 0 radical (unpaired) electrons. The van der Waals surface area contributed by atoms with Crippen molar-refractivity contribution in [2.75, 3.05) is 6.61 Å². The van der Waals surface area contributed by atoms with Crippen molar-refractivity contribution in [3.63, 3.8) is 0 Å². The minimum absolute atomic E-state index is 0.169. The molecule has 1 aliphatic heterocycles. The Labute approximate surface area is 79.7 Å². The minimum Gasteiger partial charge on any atom is -0.504 e. The van der Waals surface area contributed by atoms with Crippen LogP contribution in [-0.2, 0) is 0 Å². The van der Waals surface area contributed by atoms with E-state index < -0.39 is 5.97 Å². The number of aromatic hydroxyl groups is 1. The van der Waals surface area contributed by atoms with Gasteiger partial charge < -0.3 is 20.7 Å². The topological polar surface area (TPSA) is 92.8 Å². The zero-order valence-electron chi connectivity index (χ0n) is 7.23. The molecule has 0 fully saturated rings. The molecule has 0 bridgehead atoms. The maximum atomic E-state index is 10.7. The van der Waals surface area contributed by atoms with Gasteiger partial charge in [-0.1, -0.05) is 6.07 Å². The molecule has 1 atom stereocenters. The van der Waals surface area contributed by atoms with Crippen molar-refractivity contribution in [1.82, 2.24) is 0 Å². The Balaban J connectivity index is 2.58. The average molecular weight is 195 g/mol. The van der Waals surface area contributed by atoms with E-state index in [0.29, 0.717) is 5.56 Å². The van der Waals surface area contributed by atoms with Crippen LogP contribution in [0.15, 0.2) is 12.1 Å². The van der Waals surface area contributed by atoms with Gasteiger partial charge in [0.25, 0.3) is 0 Å². The number of hydrogen-bond acceptors (Lipinski definition) is 4. The van der Waals surface area contributed by atoms with Crippen LogP contribution >= 0.6 is 0 Å². The molecule has 5 heteroatoms. The third-order valence-electron chi connectivity index (χ3n) is 2.20. The molecule has 0 spiro atoms. The third kappa shape index (κ3) is 1.10. The maximum absolute atomic E-state index is 10.7. The first-order valence-corrected chi connectivity index (χ1v) is 4.09. The normalized spacial score (nSPS) is 18.8. The van der Waals surface area contributed by atoms with Gasteiger partial charge in [-0.25, -0.2) is 4.79 Å². The third-order valence-corrected chi connectivity index (χ3v) is 2.20. The van der Waals surface area contributed by atoms with Crippen molar-refractivity contribution in [3.8, 4) is 11.5 Å². The summed E-state index contributed by atoms with van der Waals surface area (Å²) in [5.74, 6) is -1.34. The fourth-order valence-corrected chi connectivity index (χ4v) is 1.47. The fourth-order valence-electron chi connectivity index (χ4n) is 1.47. The van der Waals surface area contributed by atoms with Crippen molar-refractivity contribution in [1.29, 1.82) is 0 Å². The lowest BCUT2D eigenvalue weighted by molar-refractivity contribution is 0.0693.